The van der Waals surface area contributed by atoms with Crippen molar-refractivity contribution < 1.29 is 5.11 Å². The van der Waals surface area contributed by atoms with Crippen LogP contribution in [0.2, 0.25) is 0 Å². The van der Waals surface area contributed by atoms with Gasteiger partial charge in [0.1, 0.15) is 12.4 Å². The highest BCUT2D eigenvalue weighted by Crippen LogP contribution is 2.25. The van der Waals surface area contributed by atoms with Crippen molar-refractivity contribution in [2.75, 3.05) is 5.73 Å². The van der Waals surface area contributed by atoms with Gasteiger partial charge < -0.3 is 10.8 Å². The molecule has 3 N–H and O–H groups in total. The van der Waals surface area contributed by atoms with E-state index >= 15 is 0 Å². The largest absolute Gasteiger partial charge is 0.399 e. The normalized spacial score (nSPS) is 11.4. The zero-order valence-electron chi connectivity index (χ0n) is 12.2. The highest BCUT2D eigenvalue weighted by atomic mass is 16.3. The molecule has 0 aliphatic heterocycles. The number of anilines is 1. The van der Waals surface area contributed by atoms with E-state index in [0.29, 0.717) is 17.4 Å². The molecule has 1 heterocycles. The van der Waals surface area contributed by atoms with E-state index < -0.39 is 0 Å². The molecule has 4 heteroatoms. The summed E-state index contributed by atoms with van der Waals surface area (Å²) in [5, 5.41) is 9.58. The maximum atomic E-state index is 9.58. The highest BCUT2D eigenvalue weighted by molar-refractivity contribution is 5.81. The van der Waals surface area contributed by atoms with E-state index in [2.05, 4.69) is 43.1 Å². The molecule has 0 saturated heterocycles. The number of aliphatic hydroxyl groups is 1. The predicted octanol–water partition coefficient (Wildman–Crippen LogP) is 3.22. The van der Waals surface area contributed by atoms with Crippen LogP contribution in [0.25, 0.3) is 16.7 Å². The number of rotatable bonds is 3. The summed E-state index contributed by atoms with van der Waals surface area (Å²) < 4.78 is 1.97. The third kappa shape index (κ3) is 2.38. The fourth-order valence-corrected chi connectivity index (χ4v) is 2.55. The fourth-order valence-electron chi connectivity index (χ4n) is 2.55. The summed E-state index contributed by atoms with van der Waals surface area (Å²) in [6.07, 6.45) is 0. The number of nitrogens with two attached hydrogens (primary N) is 1. The Labute approximate surface area is 123 Å². The van der Waals surface area contributed by atoms with Gasteiger partial charge in [0.05, 0.1) is 11.0 Å². The topological polar surface area (TPSA) is 64.1 Å². The minimum absolute atomic E-state index is 0.111. The van der Waals surface area contributed by atoms with Crippen LogP contribution in [0, 0.1) is 0 Å². The molecule has 0 aliphatic carbocycles. The van der Waals surface area contributed by atoms with Crippen LogP contribution in [0.1, 0.15) is 31.2 Å². The molecule has 0 atom stereocenters. The Kier molecular flexibility index (Phi) is 3.39. The number of hydrogen-bond donors (Lipinski definition) is 2. The van der Waals surface area contributed by atoms with E-state index in [-0.39, 0.29) is 6.61 Å². The molecule has 4 nitrogen and oxygen atoms in total. The van der Waals surface area contributed by atoms with Crippen molar-refractivity contribution in [3.05, 3.63) is 53.9 Å². The molecule has 21 heavy (non-hydrogen) atoms. The molecular weight excluding hydrogens is 262 g/mol. The van der Waals surface area contributed by atoms with Crippen LogP contribution in [0.15, 0.2) is 42.5 Å². The second kappa shape index (κ2) is 5.22. The van der Waals surface area contributed by atoms with Crippen LogP contribution in [0.3, 0.4) is 0 Å². The number of nitrogen functional groups attached to an aromatic ring is 1. The lowest BCUT2D eigenvalue weighted by Gasteiger charge is -2.10. The van der Waals surface area contributed by atoms with Gasteiger partial charge in [-0.25, -0.2) is 4.98 Å². The van der Waals surface area contributed by atoms with E-state index in [1.165, 1.54) is 5.56 Å². The number of aromatic nitrogens is 2. The molecule has 0 fully saturated rings. The van der Waals surface area contributed by atoms with E-state index in [4.69, 9.17) is 5.73 Å². The van der Waals surface area contributed by atoms with Crippen LogP contribution in [0.4, 0.5) is 5.69 Å². The van der Waals surface area contributed by atoms with Crippen LogP contribution >= 0.6 is 0 Å². The average Bonchev–Trinajstić information content (AvgIpc) is 2.84. The van der Waals surface area contributed by atoms with E-state index in [9.17, 15) is 5.11 Å². The molecule has 0 unspecified atom stereocenters. The molecule has 0 amide bonds. The van der Waals surface area contributed by atoms with Gasteiger partial charge in [-0.15, -0.1) is 0 Å². The van der Waals surface area contributed by atoms with Gasteiger partial charge in [-0.05, 0) is 41.8 Å². The molecule has 2 aromatic carbocycles. The van der Waals surface area contributed by atoms with Gasteiger partial charge in [0.2, 0.25) is 0 Å². The monoisotopic (exact) mass is 281 g/mol. The van der Waals surface area contributed by atoms with Crippen molar-refractivity contribution in [3.8, 4) is 5.69 Å². The Morgan fingerprint density at radius 2 is 1.86 bits per heavy atom. The summed E-state index contributed by atoms with van der Waals surface area (Å²) in [7, 11) is 0. The summed E-state index contributed by atoms with van der Waals surface area (Å²) in [5.74, 6) is 1.11. The fraction of sp³-hybridized carbons (Fsp3) is 0.235. The van der Waals surface area contributed by atoms with Gasteiger partial charge >= 0.3 is 0 Å². The average molecular weight is 281 g/mol. The van der Waals surface area contributed by atoms with Crippen molar-refractivity contribution in [2.45, 2.75) is 26.4 Å². The second-order valence-corrected chi connectivity index (χ2v) is 5.52. The first kappa shape index (κ1) is 13.6. The first-order chi connectivity index (χ1) is 10.1. The lowest BCUT2D eigenvalue weighted by Crippen LogP contribution is -2.01. The number of hydrogen-bond acceptors (Lipinski definition) is 3. The first-order valence-electron chi connectivity index (χ1n) is 7.08. The lowest BCUT2D eigenvalue weighted by molar-refractivity contribution is 0.270. The van der Waals surface area contributed by atoms with E-state index in [0.717, 1.165) is 16.7 Å². The highest BCUT2D eigenvalue weighted by Gasteiger charge is 2.12. The molecule has 0 aliphatic rings. The molecule has 0 bridgehead atoms. The molecule has 3 aromatic rings. The van der Waals surface area contributed by atoms with Crippen molar-refractivity contribution in [3.63, 3.8) is 0 Å². The summed E-state index contributed by atoms with van der Waals surface area (Å²) in [6, 6.07) is 14.0. The maximum absolute atomic E-state index is 9.58. The van der Waals surface area contributed by atoms with Crippen molar-refractivity contribution in [1.82, 2.24) is 9.55 Å². The van der Waals surface area contributed by atoms with Crippen LogP contribution in [0.5, 0.6) is 0 Å². The van der Waals surface area contributed by atoms with Crippen molar-refractivity contribution in [1.29, 1.82) is 0 Å². The lowest BCUT2D eigenvalue weighted by atomic mass is 10.0. The van der Waals surface area contributed by atoms with Crippen molar-refractivity contribution >= 4 is 16.7 Å². The first-order valence-corrected chi connectivity index (χ1v) is 7.08. The van der Waals surface area contributed by atoms with Crippen LogP contribution in [-0.2, 0) is 6.61 Å². The maximum Gasteiger partial charge on any atom is 0.140 e. The Morgan fingerprint density at radius 1 is 1.14 bits per heavy atom. The minimum Gasteiger partial charge on any atom is -0.399 e. The van der Waals surface area contributed by atoms with Gasteiger partial charge in [0.15, 0.2) is 0 Å². The number of fused-ring (bicyclic) bond motifs is 1. The zero-order chi connectivity index (χ0) is 15.0. The van der Waals surface area contributed by atoms with Crippen LogP contribution < -0.4 is 5.73 Å². The second-order valence-electron chi connectivity index (χ2n) is 5.52. The molecule has 108 valence electrons. The van der Waals surface area contributed by atoms with Gasteiger partial charge in [0, 0.05) is 11.4 Å². The Hall–Kier alpha value is -2.33. The molecule has 1 aromatic heterocycles. The smallest absolute Gasteiger partial charge is 0.140 e. The molecule has 0 radical (unpaired) electrons. The Balaban J connectivity index is 2.18. The number of aliphatic hydroxyl groups excluding tert-OH is 1. The minimum atomic E-state index is -0.111. The van der Waals surface area contributed by atoms with Gasteiger partial charge in [0.25, 0.3) is 0 Å². The summed E-state index contributed by atoms with van der Waals surface area (Å²) in [4.78, 5) is 4.46. The molecule has 0 saturated carbocycles. The standard InChI is InChI=1S/C17H19N3O/c1-11(2)12-3-6-14(7-4-12)20-16-8-5-13(18)9-15(16)19-17(20)10-21/h3-9,11,21H,10,18H2,1-2H3. The van der Waals surface area contributed by atoms with Crippen LogP contribution in [-0.4, -0.2) is 14.7 Å². The van der Waals surface area contributed by atoms with E-state index in [1.807, 2.05) is 22.8 Å². The SMILES string of the molecule is CC(C)c1ccc(-n2c(CO)nc3cc(N)ccc32)cc1. The number of nitrogens with zero attached hydrogens (tertiary/aromatic N) is 2. The van der Waals surface area contributed by atoms with Gasteiger partial charge in [-0.2, -0.15) is 0 Å². The summed E-state index contributed by atoms with van der Waals surface area (Å²) >= 11 is 0. The van der Waals surface area contributed by atoms with Gasteiger partial charge in [-0.1, -0.05) is 26.0 Å². The third-order valence-electron chi connectivity index (χ3n) is 3.71. The molecule has 0 spiro atoms. The summed E-state index contributed by atoms with van der Waals surface area (Å²) in [6.45, 7) is 4.23. The zero-order valence-corrected chi connectivity index (χ0v) is 12.2. The predicted molar refractivity (Wildman–Crippen MR) is 85.5 cm³/mol. The third-order valence-corrected chi connectivity index (χ3v) is 3.71. The number of benzene rings is 2. The summed E-state index contributed by atoms with van der Waals surface area (Å²) in [5.41, 5.74) is 10.5. The molecule has 3 rings (SSSR count). The van der Waals surface area contributed by atoms with Gasteiger partial charge in [-0.3, -0.25) is 4.57 Å². The molecular formula is C17H19N3O. The quantitative estimate of drug-likeness (QED) is 0.724. The Bertz CT molecular complexity index is 773. The van der Waals surface area contributed by atoms with E-state index in [1.54, 1.807) is 0 Å². The van der Waals surface area contributed by atoms with Crippen molar-refractivity contribution in [2.24, 2.45) is 0 Å². The number of imidazole rings is 1. The Morgan fingerprint density at radius 3 is 2.48 bits per heavy atom.